The highest BCUT2D eigenvalue weighted by molar-refractivity contribution is 6.00. The summed E-state index contributed by atoms with van der Waals surface area (Å²) >= 11 is 0. The van der Waals surface area contributed by atoms with Gasteiger partial charge in [0.05, 0.1) is 5.69 Å². The SMILES string of the molecule is Cc1n[nH]c(C)c1-c1ccc(NC(=O)[C@@H](NC(=O)c2ccnn2C)C2CCC(C)(C)CC2)cc1. The molecule has 8 nitrogen and oxygen atoms in total. The molecule has 0 spiro atoms. The molecule has 0 bridgehead atoms. The van der Waals surface area contributed by atoms with Crippen LogP contribution in [0.3, 0.4) is 0 Å². The first kappa shape index (κ1) is 23.7. The van der Waals surface area contributed by atoms with Gasteiger partial charge in [0.15, 0.2) is 0 Å². The summed E-state index contributed by atoms with van der Waals surface area (Å²) in [5.41, 5.74) is 5.46. The van der Waals surface area contributed by atoms with Gasteiger partial charge in [0.2, 0.25) is 5.91 Å². The van der Waals surface area contributed by atoms with E-state index in [9.17, 15) is 9.59 Å². The van der Waals surface area contributed by atoms with Crippen molar-refractivity contribution in [1.29, 1.82) is 0 Å². The summed E-state index contributed by atoms with van der Waals surface area (Å²) in [5, 5.41) is 17.4. The Morgan fingerprint density at radius 3 is 2.35 bits per heavy atom. The monoisotopic (exact) mass is 462 g/mol. The number of carbonyl (C=O) groups excluding carboxylic acids is 2. The summed E-state index contributed by atoms with van der Waals surface area (Å²) in [7, 11) is 1.72. The van der Waals surface area contributed by atoms with E-state index in [0.29, 0.717) is 11.4 Å². The molecule has 180 valence electrons. The number of nitrogens with one attached hydrogen (secondary N) is 3. The molecule has 1 saturated carbocycles. The molecule has 0 unspecified atom stereocenters. The fourth-order valence-electron chi connectivity index (χ4n) is 4.88. The molecule has 2 amide bonds. The Kier molecular flexibility index (Phi) is 6.59. The molecule has 0 saturated heterocycles. The largest absolute Gasteiger partial charge is 0.339 e. The number of hydrogen-bond acceptors (Lipinski definition) is 4. The van der Waals surface area contributed by atoms with E-state index in [1.807, 2.05) is 38.1 Å². The number of nitrogens with zero attached hydrogens (tertiary/aromatic N) is 3. The molecule has 1 atom stereocenters. The zero-order chi connectivity index (χ0) is 24.5. The average molecular weight is 463 g/mol. The van der Waals surface area contributed by atoms with Crippen molar-refractivity contribution in [2.45, 2.75) is 59.4 Å². The topological polar surface area (TPSA) is 105 Å². The molecule has 3 N–H and O–H groups in total. The molecular formula is C26H34N6O2. The van der Waals surface area contributed by atoms with Gasteiger partial charge < -0.3 is 10.6 Å². The molecule has 1 aliphatic rings. The maximum Gasteiger partial charge on any atom is 0.270 e. The van der Waals surface area contributed by atoms with Crippen molar-refractivity contribution in [3.8, 4) is 11.1 Å². The number of anilines is 1. The molecule has 1 aliphatic carbocycles. The van der Waals surface area contributed by atoms with Crippen molar-refractivity contribution in [2.24, 2.45) is 18.4 Å². The lowest BCUT2D eigenvalue weighted by Gasteiger charge is -2.37. The maximum absolute atomic E-state index is 13.4. The minimum atomic E-state index is -0.614. The number of aryl methyl sites for hydroxylation is 3. The van der Waals surface area contributed by atoms with Crippen LogP contribution in [0.25, 0.3) is 11.1 Å². The number of H-pyrrole nitrogens is 1. The number of aromatic amines is 1. The van der Waals surface area contributed by atoms with Gasteiger partial charge in [-0.15, -0.1) is 0 Å². The minimum absolute atomic E-state index is 0.0840. The highest BCUT2D eigenvalue weighted by Crippen LogP contribution is 2.39. The smallest absolute Gasteiger partial charge is 0.270 e. The van der Waals surface area contributed by atoms with Crippen LogP contribution >= 0.6 is 0 Å². The Hall–Kier alpha value is -3.42. The Morgan fingerprint density at radius 1 is 1.12 bits per heavy atom. The summed E-state index contributed by atoms with van der Waals surface area (Å²) in [6, 6.07) is 8.79. The van der Waals surface area contributed by atoms with E-state index in [-0.39, 0.29) is 23.1 Å². The van der Waals surface area contributed by atoms with Crippen molar-refractivity contribution >= 4 is 17.5 Å². The predicted octanol–water partition coefficient (Wildman–Crippen LogP) is 4.38. The summed E-state index contributed by atoms with van der Waals surface area (Å²) in [6.07, 6.45) is 5.43. The van der Waals surface area contributed by atoms with Gasteiger partial charge >= 0.3 is 0 Å². The molecule has 0 aliphatic heterocycles. The quantitative estimate of drug-likeness (QED) is 0.505. The first-order chi connectivity index (χ1) is 16.1. The van der Waals surface area contributed by atoms with Gasteiger partial charge in [-0.05, 0) is 74.6 Å². The lowest BCUT2D eigenvalue weighted by molar-refractivity contribution is -0.119. The number of rotatable bonds is 6. The van der Waals surface area contributed by atoms with E-state index < -0.39 is 6.04 Å². The molecule has 2 heterocycles. The van der Waals surface area contributed by atoms with Crippen LogP contribution in [0.4, 0.5) is 5.69 Å². The van der Waals surface area contributed by atoms with Gasteiger partial charge in [-0.25, -0.2) is 0 Å². The van der Waals surface area contributed by atoms with Crippen LogP contribution in [-0.4, -0.2) is 37.8 Å². The Labute approximate surface area is 200 Å². The van der Waals surface area contributed by atoms with Crippen molar-refractivity contribution in [3.63, 3.8) is 0 Å². The molecule has 2 aromatic heterocycles. The Balaban J connectivity index is 1.51. The van der Waals surface area contributed by atoms with Gasteiger partial charge in [0.25, 0.3) is 5.91 Å². The Bertz CT molecular complexity index is 1140. The average Bonchev–Trinajstić information content (AvgIpc) is 3.37. The predicted molar refractivity (Wildman–Crippen MR) is 132 cm³/mol. The van der Waals surface area contributed by atoms with Crippen molar-refractivity contribution in [1.82, 2.24) is 25.3 Å². The van der Waals surface area contributed by atoms with E-state index in [2.05, 4.69) is 39.8 Å². The molecule has 3 aromatic rings. The number of carbonyl (C=O) groups is 2. The number of benzene rings is 1. The Morgan fingerprint density at radius 2 is 1.79 bits per heavy atom. The summed E-state index contributed by atoms with van der Waals surface area (Å²) in [6.45, 7) is 8.48. The van der Waals surface area contributed by atoms with Gasteiger partial charge in [0.1, 0.15) is 11.7 Å². The van der Waals surface area contributed by atoms with Crippen LogP contribution in [0.15, 0.2) is 36.5 Å². The standard InChI is InChI=1S/C26H34N6O2/c1-16-22(17(2)31-30-16)18-6-8-20(9-7-18)28-25(34)23(19-10-13-26(3,4)14-11-19)29-24(33)21-12-15-27-32(21)5/h6-9,12,15,19,23H,10-11,13-14H2,1-5H3,(H,28,34)(H,29,33)(H,30,31)/t23-/m0/s1. The van der Waals surface area contributed by atoms with Gasteiger partial charge in [-0.1, -0.05) is 26.0 Å². The lowest BCUT2D eigenvalue weighted by atomic mass is 9.71. The van der Waals surface area contributed by atoms with Crippen LogP contribution in [0.1, 0.15) is 61.4 Å². The second kappa shape index (κ2) is 9.44. The summed E-state index contributed by atoms with van der Waals surface area (Å²) in [4.78, 5) is 26.4. The number of amides is 2. The molecule has 4 rings (SSSR count). The molecule has 0 radical (unpaired) electrons. The lowest BCUT2D eigenvalue weighted by Crippen LogP contribution is -2.50. The van der Waals surface area contributed by atoms with Crippen LogP contribution in [0, 0.1) is 25.2 Å². The first-order valence-electron chi connectivity index (χ1n) is 11.9. The maximum atomic E-state index is 13.4. The second-order valence-corrected chi connectivity index (χ2v) is 10.2. The third-order valence-electron chi connectivity index (χ3n) is 7.05. The van der Waals surface area contributed by atoms with E-state index in [1.165, 1.54) is 4.68 Å². The second-order valence-electron chi connectivity index (χ2n) is 10.2. The summed E-state index contributed by atoms with van der Waals surface area (Å²) in [5.74, 6) is -0.393. The third kappa shape index (κ3) is 5.05. The van der Waals surface area contributed by atoms with Crippen molar-refractivity contribution in [3.05, 3.63) is 53.6 Å². The highest BCUT2D eigenvalue weighted by atomic mass is 16.2. The molecule has 1 aromatic carbocycles. The van der Waals surface area contributed by atoms with E-state index in [4.69, 9.17) is 0 Å². The van der Waals surface area contributed by atoms with Gasteiger partial charge in [-0.3, -0.25) is 19.4 Å². The first-order valence-corrected chi connectivity index (χ1v) is 11.9. The van der Waals surface area contributed by atoms with Crippen LogP contribution in [0.2, 0.25) is 0 Å². The van der Waals surface area contributed by atoms with Crippen LogP contribution < -0.4 is 10.6 Å². The number of aromatic nitrogens is 4. The van der Waals surface area contributed by atoms with Gasteiger partial charge in [0, 0.05) is 30.2 Å². The summed E-state index contributed by atoms with van der Waals surface area (Å²) < 4.78 is 1.52. The van der Waals surface area contributed by atoms with Crippen LogP contribution in [0.5, 0.6) is 0 Å². The van der Waals surface area contributed by atoms with E-state index >= 15 is 0 Å². The molecule has 8 heteroatoms. The number of hydrogen-bond donors (Lipinski definition) is 3. The normalized spacial score (nSPS) is 16.7. The fourth-order valence-corrected chi connectivity index (χ4v) is 4.88. The molecule has 34 heavy (non-hydrogen) atoms. The van der Waals surface area contributed by atoms with E-state index in [1.54, 1.807) is 19.3 Å². The zero-order valence-corrected chi connectivity index (χ0v) is 20.6. The van der Waals surface area contributed by atoms with E-state index in [0.717, 1.165) is 48.2 Å². The fraction of sp³-hybridized carbons (Fsp3) is 0.462. The van der Waals surface area contributed by atoms with Crippen molar-refractivity contribution < 1.29 is 9.59 Å². The molecule has 1 fully saturated rings. The van der Waals surface area contributed by atoms with Crippen molar-refractivity contribution in [2.75, 3.05) is 5.32 Å². The highest BCUT2D eigenvalue weighted by Gasteiger charge is 2.36. The van der Waals surface area contributed by atoms with Gasteiger partial charge in [-0.2, -0.15) is 10.2 Å². The third-order valence-corrected chi connectivity index (χ3v) is 7.05. The zero-order valence-electron chi connectivity index (χ0n) is 20.6. The van der Waals surface area contributed by atoms with Crippen LogP contribution in [-0.2, 0) is 11.8 Å². The minimum Gasteiger partial charge on any atom is -0.339 e. The molecular weight excluding hydrogens is 428 g/mol.